The molecule has 1 saturated carbocycles. The number of hydrogen-bond donors (Lipinski definition) is 3. The van der Waals surface area contributed by atoms with E-state index in [2.05, 4.69) is 10.6 Å². The van der Waals surface area contributed by atoms with Crippen molar-refractivity contribution >= 4 is 12.0 Å². The molecule has 0 spiro atoms. The van der Waals surface area contributed by atoms with Crippen LogP contribution < -0.4 is 10.6 Å². The fourth-order valence-electron chi connectivity index (χ4n) is 2.65. The van der Waals surface area contributed by atoms with E-state index in [0.29, 0.717) is 12.8 Å². The molecule has 0 aromatic rings. The monoisotopic (exact) mass is 286 g/mol. The van der Waals surface area contributed by atoms with E-state index in [9.17, 15) is 14.7 Å². The first-order valence-corrected chi connectivity index (χ1v) is 7.28. The smallest absolute Gasteiger partial charge is 0.315 e. The highest BCUT2D eigenvalue weighted by atomic mass is 16.5. The molecule has 2 atom stereocenters. The van der Waals surface area contributed by atoms with Crippen LogP contribution in [0, 0.1) is 5.41 Å². The van der Waals surface area contributed by atoms with Gasteiger partial charge >= 0.3 is 12.0 Å². The van der Waals surface area contributed by atoms with Crippen LogP contribution >= 0.6 is 0 Å². The summed E-state index contributed by atoms with van der Waals surface area (Å²) in [6.07, 6.45) is 3.87. The molecule has 1 aliphatic carbocycles. The number of carbonyl (C=O) groups is 2. The second-order valence-electron chi connectivity index (χ2n) is 5.49. The van der Waals surface area contributed by atoms with Gasteiger partial charge in [-0.3, -0.25) is 4.79 Å². The van der Waals surface area contributed by atoms with Gasteiger partial charge in [0.25, 0.3) is 0 Å². The van der Waals surface area contributed by atoms with Crippen molar-refractivity contribution in [3.8, 4) is 0 Å². The Morgan fingerprint density at radius 1 is 1.30 bits per heavy atom. The quantitative estimate of drug-likeness (QED) is 0.665. The third-order valence-electron chi connectivity index (χ3n) is 4.45. The van der Waals surface area contributed by atoms with Crippen LogP contribution in [0.3, 0.4) is 0 Å². The first-order chi connectivity index (χ1) is 9.47. The first kappa shape index (κ1) is 16.8. The third-order valence-corrected chi connectivity index (χ3v) is 4.45. The Labute approximate surface area is 120 Å². The van der Waals surface area contributed by atoms with Crippen LogP contribution in [0.2, 0.25) is 0 Å². The van der Waals surface area contributed by atoms with E-state index >= 15 is 0 Å². The number of carboxylic acids is 1. The molecule has 0 aromatic carbocycles. The van der Waals surface area contributed by atoms with Gasteiger partial charge in [-0.15, -0.1) is 0 Å². The number of hydrogen-bond acceptors (Lipinski definition) is 3. The predicted octanol–water partition coefficient (Wildman–Crippen LogP) is 1.74. The number of ether oxygens (including phenoxy) is 1. The van der Waals surface area contributed by atoms with E-state index in [1.54, 1.807) is 7.11 Å². The number of amides is 2. The van der Waals surface area contributed by atoms with E-state index in [-0.39, 0.29) is 24.7 Å². The summed E-state index contributed by atoms with van der Waals surface area (Å²) in [6, 6.07) is -0.179. The Morgan fingerprint density at radius 2 is 1.95 bits per heavy atom. The highest BCUT2D eigenvalue weighted by Gasteiger charge is 2.35. The van der Waals surface area contributed by atoms with Crippen LogP contribution in [0.1, 0.15) is 46.0 Å². The predicted molar refractivity (Wildman–Crippen MR) is 75.6 cm³/mol. The van der Waals surface area contributed by atoms with Crippen LogP contribution in [-0.2, 0) is 9.53 Å². The number of urea groups is 1. The van der Waals surface area contributed by atoms with Gasteiger partial charge in [0.2, 0.25) is 0 Å². The van der Waals surface area contributed by atoms with E-state index in [1.165, 1.54) is 0 Å². The van der Waals surface area contributed by atoms with E-state index in [4.69, 9.17) is 4.74 Å². The molecule has 0 saturated heterocycles. The van der Waals surface area contributed by atoms with E-state index in [1.807, 2.05) is 13.8 Å². The van der Waals surface area contributed by atoms with Crippen molar-refractivity contribution in [2.75, 3.05) is 13.7 Å². The number of nitrogens with one attached hydrogen (secondary N) is 2. The van der Waals surface area contributed by atoms with Gasteiger partial charge in [-0.05, 0) is 32.1 Å². The first-order valence-electron chi connectivity index (χ1n) is 7.28. The summed E-state index contributed by atoms with van der Waals surface area (Å²) in [5.74, 6) is -0.858. The SMILES string of the molecule is CCC(CC)(CNC(=O)NC1CCC(OC)C1)C(=O)O. The van der Waals surface area contributed by atoms with Gasteiger partial charge < -0.3 is 20.5 Å². The second-order valence-corrected chi connectivity index (χ2v) is 5.49. The molecule has 1 aliphatic rings. The van der Waals surface area contributed by atoms with Gasteiger partial charge in [0.1, 0.15) is 0 Å². The van der Waals surface area contributed by atoms with Crippen molar-refractivity contribution in [2.24, 2.45) is 5.41 Å². The van der Waals surface area contributed by atoms with Crippen molar-refractivity contribution in [3.63, 3.8) is 0 Å². The van der Waals surface area contributed by atoms with E-state index in [0.717, 1.165) is 19.3 Å². The molecule has 2 unspecified atom stereocenters. The van der Waals surface area contributed by atoms with Gasteiger partial charge in [-0.25, -0.2) is 4.79 Å². The lowest BCUT2D eigenvalue weighted by molar-refractivity contribution is -0.149. The van der Waals surface area contributed by atoms with Crippen LogP contribution in [0.15, 0.2) is 0 Å². The molecule has 0 aromatic heterocycles. The van der Waals surface area contributed by atoms with Crippen LogP contribution in [-0.4, -0.2) is 42.9 Å². The Balaban J connectivity index is 2.41. The van der Waals surface area contributed by atoms with Crippen molar-refractivity contribution < 1.29 is 19.4 Å². The average molecular weight is 286 g/mol. The minimum Gasteiger partial charge on any atom is -0.481 e. The molecular weight excluding hydrogens is 260 g/mol. The highest BCUT2D eigenvalue weighted by molar-refractivity contribution is 5.78. The van der Waals surface area contributed by atoms with Crippen molar-refractivity contribution in [2.45, 2.75) is 58.1 Å². The summed E-state index contributed by atoms with van der Waals surface area (Å²) in [5.41, 5.74) is -0.873. The fourth-order valence-corrected chi connectivity index (χ4v) is 2.65. The molecule has 0 aliphatic heterocycles. The molecule has 20 heavy (non-hydrogen) atoms. The van der Waals surface area contributed by atoms with Crippen molar-refractivity contribution in [3.05, 3.63) is 0 Å². The fraction of sp³-hybridized carbons (Fsp3) is 0.857. The average Bonchev–Trinajstić information content (AvgIpc) is 2.87. The minimum atomic E-state index is -0.873. The zero-order chi connectivity index (χ0) is 15.2. The Bertz CT molecular complexity index is 342. The zero-order valence-electron chi connectivity index (χ0n) is 12.6. The van der Waals surface area contributed by atoms with Crippen LogP contribution in [0.25, 0.3) is 0 Å². The van der Waals surface area contributed by atoms with Gasteiger partial charge in [-0.2, -0.15) is 0 Å². The summed E-state index contributed by atoms with van der Waals surface area (Å²) in [4.78, 5) is 23.2. The van der Waals surface area contributed by atoms with E-state index < -0.39 is 11.4 Å². The number of rotatable bonds is 7. The molecule has 1 fully saturated rings. The Morgan fingerprint density at radius 3 is 2.40 bits per heavy atom. The summed E-state index contributed by atoms with van der Waals surface area (Å²) in [7, 11) is 1.68. The van der Waals surface area contributed by atoms with Crippen LogP contribution in [0.5, 0.6) is 0 Å². The molecule has 6 nitrogen and oxygen atoms in total. The molecule has 6 heteroatoms. The highest BCUT2D eigenvalue weighted by Crippen LogP contribution is 2.25. The molecule has 3 N–H and O–H groups in total. The zero-order valence-corrected chi connectivity index (χ0v) is 12.6. The lowest BCUT2D eigenvalue weighted by Gasteiger charge is -2.27. The number of carboxylic acid groups (broad SMARTS) is 1. The maximum atomic E-state index is 11.8. The van der Waals surface area contributed by atoms with Crippen molar-refractivity contribution in [1.29, 1.82) is 0 Å². The van der Waals surface area contributed by atoms with Gasteiger partial charge in [0.05, 0.1) is 11.5 Å². The third kappa shape index (κ3) is 4.10. The van der Waals surface area contributed by atoms with Crippen LogP contribution in [0.4, 0.5) is 4.79 Å². The minimum absolute atomic E-state index is 0.113. The summed E-state index contributed by atoms with van der Waals surface area (Å²) in [6.45, 7) is 3.82. The molecular formula is C14H26N2O4. The Hall–Kier alpha value is -1.30. The molecule has 0 bridgehead atoms. The lowest BCUT2D eigenvalue weighted by atomic mass is 9.82. The molecule has 0 heterocycles. The molecule has 1 rings (SSSR count). The standard InChI is InChI=1S/C14H26N2O4/c1-4-14(5-2,12(17)18)9-15-13(19)16-10-6-7-11(8-10)20-3/h10-11H,4-9H2,1-3H3,(H,17,18)(H2,15,16,19). The largest absolute Gasteiger partial charge is 0.481 e. The maximum Gasteiger partial charge on any atom is 0.315 e. The van der Waals surface area contributed by atoms with Gasteiger partial charge in [-0.1, -0.05) is 13.8 Å². The summed E-state index contributed by atoms with van der Waals surface area (Å²) >= 11 is 0. The number of methoxy groups -OCH3 is 1. The molecule has 116 valence electrons. The topological polar surface area (TPSA) is 87.7 Å². The van der Waals surface area contributed by atoms with Gasteiger partial charge in [0.15, 0.2) is 0 Å². The second kappa shape index (κ2) is 7.47. The number of carbonyl (C=O) groups excluding carboxylic acids is 1. The lowest BCUT2D eigenvalue weighted by Crippen LogP contribution is -2.47. The molecule has 0 radical (unpaired) electrons. The maximum absolute atomic E-state index is 11.8. The van der Waals surface area contributed by atoms with Crippen molar-refractivity contribution in [1.82, 2.24) is 10.6 Å². The Kier molecular flexibility index (Phi) is 6.26. The molecule has 2 amide bonds. The summed E-state index contributed by atoms with van der Waals surface area (Å²) in [5, 5.41) is 14.9. The number of aliphatic carboxylic acids is 1. The summed E-state index contributed by atoms with van der Waals surface area (Å²) < 4.78 is 5.25. The normalized spacial score (nSPS) is 22.6. The van der Waals surface area contributed by atoms with Gasteiger partial charge in [0, 0.05) is 19.7 Å².